The molecule has 0 aliphatic rings. The predicted octanol–water partition coefficient (Wildman–Crippen LogP) is 1.68. The van der Waals surface area contributed by atoms with Gasteiger partial charge in [-0.05, 0) is 12.1 Å². The van der Waals surface area contributed by atoms with E-state index in [0.717, 1.165) is 17.0 Å². The van der Waals surface area contributed by atoms with Gasteiger partial charge in [0, 0.05) is 24.4 Å². The minimum atomic E-state index is 0.686. The number of benzene rings is 1. The minimum absolute atomic E-state index is 0.686. The van der Waals surface area contributed by atoms with Gasteiger partial charge in [-0.3, -0.25) is 0 Å². The van der Waals surface area contributed by atoms with Gasteiger partial charge < -0.3 is 15.0 Å². The van der Waals surface area contributed by atoms with Gasteiger partial charge in [0.2, 0.25) is 0 Å². The predicted molar refractivity (Wildman–Crippen MR) is 59.6 cm³/mol. The van der Waals surface area contributed by atoms with Crippen molar-refractivity contribution in [3.63, 3.8) is 0 Å². The highest BCUT2D eigenvalue weighted by Crippen LogP contribution is 2.26. The number of nitrogens with zero attached hydrogens (tertiary/aromatic N) is 2. The fourth-order valence-corrected chi connectivity index (χ4v) is 1.52. The van der Waals surface area contributed by atoms with E-state index in [2.05, 4.69) is 4.98 Å². The summed E-state index contributed by atoms with van der Waals surface area (Å²) in [7, 11) is 3.57. The van der Waals surface area contributed by atoms with Crippen LogP contribution in [0, 0.1) is 0 Å². The molecule has 4 heteroatoms. The molecule has 0 amide bonds. The first-order chi connectivity index (χ1) is 7.20. The Kier molecular flexibility index (Phi) is 2.33. The molecule has 0 spiro atoms. The third kappa shape index (κ3) is 1.79. The summed E-state index contributed by atoms with van der Waals surface area (Å²) in [6.45, 7) is 0. The summed E-state index contributed by atoms with van der Waals surface area (Å²) >= 11 is 0. The lowest BCUT2D eigenvalue weighted by Gasteiger charge is -2.06. The van der Waals surface area contributed by atoms with Crippen LogP contribution in [0.3, 0.4) is 0 Å². The van der Waals surface area contributed by atoms with Gasteiger partial charge in [-0.1, -0.05) is 0 Å². The Labute approximate surface area is 88.3 Å². The van der Waals surface area contributed by atoms with E-state index >= 15 is 0 Å². The Bertz CT molecular complexity index is 476. The van der Waals surface area contributed by atoms with Gasteiger partial charge in [0.15, 0.2) is 0 Å². The van der Waals surface area contributed by atoms with Crippen molar-refractivity contribution in [3.8, 4) is 17.0 Å². The summed E-state index contributed by atoms with van der Waals surface area (Å²) in [5, 5.41) is 0. The Morgan fingerprint density at radius 1 is 1.33 bits per heavy atom. The van der Waals surface area contributed by atoms with E-state index in [9.17, 15) is 0 Å². The zero-order chi connectivity index (χ0) is 10.8. The molecule has 15 heavy (non-hydrogen) atoms. The highest BCUT2D eigenvalue weighted by molar-refractivity contribution is 5.66. The lowest BCUT2D eigenvalue weighted by atomic mass is 10.1. The molecule has 0 radical (unpaired) electrons. The summed E-state index contributed by atoms with van der Waals surface area (Å²) in [5.41, 5.74) is 8.49. The van der Waals surface area contributed by atoms with Crippen LogP contribution in [0.25, 0.3) is 11.3 Å². The maximum absolute atomic E-state index is 5.78. The highest BCUT2D eigenvalue weighted by atomic mass is 16.5. The number of rotatable bonds is 2. The summed E-state index contributed by atoms with van der Waals surface area (Å²) in [6, 6.07) is 5.63. The van der Waals surface area contributed by atoms with Gasteiger partial charge in [-0.15, -0.1) is 0 Å². The quantitative estimate of drug-likeness (QED) is 0.755. The number of imidazole rings is 1. The minimum Gasteiger partial charge on any atom is -0.497 e. The smallest absolute Gasteiger partial charge is 0.121 e. The molecule has 0 aliphatic heterocycles. The fourth-order valence-electron chi connectivity index (χ4n) is 1.52. The normalized spacial score (nSPS) is 10.3. The van der Waals surface area contributed by atoms with Crippen LogP contribution in [0.15, 0.2) is 30.7 Å². The third-order valence-corrected chi connectivity index (χ3v) is 2.28. The first-order valence-corrected chi connectivity index (χ1v) is 4.62. The Morgan fingerprint density at radius 3 is 2.73 bits per heavy atom. The van der Waals surface area contributed by atoms with Crippen molar-refractivity contribution in [1.29, 1.82) is 0 Å². The van der Waals surface area contributed by atoms with E-state index in [4.69, 9.17) is 10.5 Å². The summed E-state index contributed by atoms with van der Waals surface area (Å²) in [5.74, 6) is 0.756. The van der Waals surface area contributed by atoms with Crippen LogP contribution in [-0.4, -0.2) is 16.7 Å². The standard InChI is InChI=1S/C11H13N3O/c1-14-7-13-6-11(14)8-3-9(12)5-10(4-8)15-2/h3-7H,12H2,1-2H3. The average molecular weight is 203 g/mol. The number of hydrogen-bond donors (Lipinski definition) is 1. The Morgan fingerprint density at radius 2 is 2.13 bits per heavy atom. The van der Waals surface area contributed by atoms with E-state index in [-0.39, 0.29) is 0 Å². The van der Waals surface area contributed by atoms with E-state index in [0.29, 0.717) is 5.69 Å². The molecule has 0 bridgehead atoms. The van der Waals surface area contributed by atoms with E-state index in [1.807, 2.05) is 23.7 Å². The van der Waals surface area contributed by atoms with Crippen LogP contribution in [0.4, 0.5) is 5.69 Å². The number of aryl methyl sites for hydroxylation is 1. The largest absolute Gasteiger partial charge is 0.497 e. The van der Waals surface area contributed by atoms with Crippen LogP contribution in [0.1, 0.15) is 0 Å². The molecule has 1 heterocycles. The third-order valence-electron chi connectivity index (χ3n) is 2.28. The number of ether oxygens (including phenoxy) is 1. The summed E-state index contributed by atoms with van der Waals surface area (Å²) < 4.78 is 7.10. The second-order valence-corrected chi connectivity index (χ2v) is 3.38. The van der Waals surface area contributed by atoms with Gasteiger partial charge in [-0.2, -0.15) is 0 Å². The number of anilines is 1. The number of nitrogen functional groups attached to an aromatic ring is 1. The molecule has 78 valence electrons. The lowest BCUT2D eigenvalue weighted by molar-refractivity contribution is 0.415. The van der Waals surface area contributed by atoms with Gasteiger partial charge in [0.1, 0.15) is 5.75 Å². The monoisotopic (exact) mass is 203 g/mol. The molecular formula is C11H13N3O. The first kappa shape index (κ1) is 9.58. The van der Waals surface area contributed by atoms with Crippen molar-refractivity contribution in [1.82, 2.24) is 9.55 Å². The van der Waals surface area contributed by atoms with Gasteiger partial charge in [-0.25, -0.2) is 4.98 Å². The van der Waals surface area contributed by atoms with Crippen molar-refractivity contribution >= 4 is 5.69 Å². The number of nitrogens with two attached hydrogens (primary N) is 1. The van der Waals surface area contributed by atoms with Crippen LogP contribution in [-0.2, 0) is 7.05 Å². The summed E-state index contributed by atoms with van der Waals surface area (Å²) in [4.78, 5) is 4.06. The van der Waals surface area contributed by atoms with Crippen molar-refractivity contribution in [2.75, 3.05) is 12.8 Å². The molecule has 2 N–H and O–H groups in total. The van der Waals surface area contributed by atoms with Gasteiger partial charge >= 0.3 is 0 Å². The number of aromatic nitrogens is 2. The van der Waals surface area contributed by atoms with E-state index in [1.165, 1.54) is 0 Å². The van der Waals surface area contributed by atoms with Crippen molar-refractivity contribution in [3.05, 3.63) is 30.7 Å². The zero-order valence-electron chi connectivity index (χ0n) is 8.77. The van der Waals surface area contributed by atoms with Crippen molar-refractivity contribution < 1.29 is 4.74 Å². The maximum atomic E-state index is 5.78. The van der Waals surface area contributed by atoms with Gasteiger partial charge in [0.05, 0.1) is 25.3 Å². The topological polar surface area (TPSA) is 53.1 Å². The van der Waals surface area contributed by atoms with Crippen LogP contribution >= 0.6 is 0 Å². The van der Waals surface area contributed by atoms with E-state index < -0.39 is 0 Å². The van der Waals surface area contributed by atoms with Crippen LogP contribution < -0.4 is 10.5 Å². The molecular weight excluding hydrogens is 190 g/mol. The Hall–Kier alpha value is -1.97. The SMILES string of the molecule is COc1cc(N)cc(-c2cncn2C)c1. The lowest BCUT2D eigenvalue weighted by Crippen LogP contribution is -1.93. The van der Waals surface area contributed by atoms with E-state index in [1.54, 1.807) is 25.7 Å². The fraction of sp³-hybridized carbons (Fsp3) is 0.182. The van der Waals surface area contributed by atoms with Crippen LogP contribution in [0.5, 0.6) is 5.75 Å². The summed E-state index contributed by atoms with van der Waals surface area (Å²) in [6.07, 6.45) is 3.55. The molecule has 4 nitrogen and oxygen atoms in total. The van der Waals surface area contributed by atoms with Crippen LogP contribution in [0.2, 0.25) is 0 Å². The molecule has 2 aromatic rings. The van der Waals surface area contributed by atoms with Gasteiger partial charge in [0.25, 0.3) is 0 Å². The molecule has 0 aliphatic carbocycles. The number of hydrogen-bond acceptors (Lipinski definition) is 3. The molecule has 1 aromatic carbocycles. The Balaban J connectivity index is 2.53. The maximum Gasteiger partial charge on any atom is 0.121 e. The highest BCUT2D eigenvalue weighted by Gasteiger charge is 2.05. The molecule has 0 saturated carbocycles. The average Bonchev–Trinajstić information content (AvgIpc) is 2.63. The van der Waals surface area contributed by atoms with Crippen molar-refractivity contribution in [2.24, 2.45) is 7.05 Å². The first-order valence-electron chi connectivity index (χ1n) is 4.62. The second kappa shape index (κ2) is 3.65. The molecule has 0 unspecified atom stereocenters. The molecule has 0 fully saturated rings. The molecule has 0 atom stereocenters. The second-order valence-electron chi connectivity index (χ2n) is 3.38. The zero-order valence-corrected chi connectivity index (χ0v) is 8.77. The number of methoxy groups -OCH3 is 1. The molecule has 2 rings (SSSR count). The molecule has 0 saturated heterocycles. The molecule has 1 aromatic heterocycles. The van der Waals surface area contributed by atoms with Crippen molar-refractivity contribution in [2.45, 2.75) is 0 Å².